The van der Waals surface area contributed by atoms with Gasteiger partial charge in [-0.1, -0.05) is 22.0 Å². The molecule has 4 nitrogen and oxygen atoms in total. The highest BCUT2D eigenvalue weighted by atomic mass is 79.9. The molecule has 1 N–H and O–H groups in total. The highest BCUT2D eigenvalue weighted by molar-refractivity contribution is 9.10. The molecule has 1 aromatic carbocycles. The molecule has 0 amide bonds. The van der Waals surface area contributed by atoms with Gasteiger partial charge in [0.05, 0.1) is 0 Å². The Bertz CT molecular complexity index is 513. The zero-order valence-corrected chi connectivity index (χ0v) is 9.66. The van der Waals surface area contributed by atoms with Crippen LogP contribution >= 0.6 is 15.9 Å². The number of Topliss-reactive ketones (excluding diaryl/α,β-unsaturated/α-hetero) is 1. The van der Waals surface area contributed by atoms with Gasteiger partial charge in [0.15, 0.2) is 5.82 Å². The Morgan fingerprint density at radius 3 is 2.94 bits per heavy atom. The number of halogens is 2. The fourth-order valence-corrected chi connectivity index (χ4v) is 1.75. The predicted molar refractivity (Wildman–Crippen MR) is 58.5 cm³/mol. The van der Waals surface area contributed by atoms with E-state index in [1.165, 1.54) is 18.5 Å². The van der Waals surface area contributed by atoms with E-state index in [0.29, 0.717) is 10.0 Å². The number of nitrogens with one attached hydrogen (secondary N) is 1. The van der Waals surface area contributed by atoms with Gasteiger partial charge in [-0.3, -0.25) is 9.89 Å². The maximum atomic E-state index is 12.8. The monoisotopic (exact) mass is 283 g/mol. The topological polar surface area (TPSA) is 58.6 Å². The summed E-state index contributed by atoms with van der Waals surface area (Å²) in [5.41, 5.74) is 0.711. The number of benzene rings is 1. The van der Waals surface area contributed by atoms with E-state index in [9.17, 15) is 9.18 Å². The molecule has 1 aromatic heterocycles. The Hall–Kier alpha value is -1.56. The van der Waals surface area contributed by atoms with Gasteiger partial charge >= 0.3 is 0 Å². The number of ketones is 1. The molecule has 0 saturated heterocycles. The lowest BCUT2D eigenvalue weighted by molar-refractivity contribution is 0.0983. The minimum atomic E-state index is -0.345. The van der Waals surface area contributed by atoms with Crippen molar-refractivity contribution in [3.8, 4) is 0 Å². The van der Waals surface area contributed by atoms with E-state index in [-0.39, 0.29) is 23.8 Å². The molecule has 0 spiro atoms. The summed E-state index contributed by atoms with van der Waals surface area (Å²) in [5.74, 6) is -0.330. The Labute approximate surface area is 99.0 Å². The van der Waals surface area contributed by atoms with Crippen LogP contribution in [0, 0.1) is 5.82 Å². The molecule has 0 atom stereocenters. The van der Waals surface area contributed by atoms with Crippen molar-refractivity contribution in [1.29, 1.82) is 0 Å². The van der Waals surface area contributed by atoms with Gasteiger partial charge in [-0.15, -0.1) is 0 Å². The van der Waals surface area contributed by atoms with Crippen LogP contribution in [-0.4, -0.2) is 21.0 Å². The number of H-pyrrole nitrogens is 1. The van der Waals surface area contributed by atoms with Gasteiger partial charge in [-0.05, 0) is 17.7 Å². The summed E-state index contributed by atoms with van der Waals surface area (Å²) in [6.45, 7) is 0. The zero-order chi connectivity index (χ0) is 11.5. The average Bonchev–Trinajstić information content (AvgIpc) is 2.75. The summed E-state index contributed by atoms with van der Waals surface area (Å²) in [4.78, 5) is 15.4. The molecule has 6 heteroatoms. The molecule has 82 valence electrons. The first kappa shape index (κ1) is 10.9. The van der Waals surface area contributed by atoms with E-state index in [1.807, 2.05) is 0 Å². The van der Waals surface area contributed by atoms with Crippen molar-refractivity contribution in [3.63, 3.8) is 0 Å². The Morgan fingerprint density at radius 2 is 2.31 bits per heavy atom. The number of hydrogen-bond donors (Lipinski definition) is 1. The van der Waals surface area contributed by atoms with Crippen molar-refractivity contribution in [2.45, 2.75) is 6.42 Å². The molecule has 16 heavy (non-hydrogen) atoms. The Kier molecular flexibility index (Phi) is 3.09. The number of carbonyl (C=O) groups excluding carboxylic acids is 1. The van der Waals surface area contributed by atoms with Crippen LogP contribution in [0.25, 0.3) is 0 Å². The van der Waals surface area contributed by atoms with Gasteiger partial charge in [0.1, 0.15) is 12.1 Å². The fraction of sp³-hybridized carbons (Fsp3) is 0.100. The predicted octanol–water partition coefficient (Wildman–Crippen LogP) is 2.13. The lowest BCUT2D eigenvalue weighted by atomic mass is 10.1. The summed E-state index contributed by atoms with van der Waals surface area (Å²) in [6.07, 6.45) is 1.42. The van der Waals surface area contributed by atoms with Crippen LogP contribution < -0.4 is 0 Å². The molecule has 0 radical (unpaired) electrons. The van der Waals surface area contributed by atoms with Crippen molar-refractivity contribution in [2.24, 2.45) is 0 Å². The Balaban J connectivity index is 2.18. The third-order valence-electron chi connectivity index (χ3n) is 2.05. The highest BCUT2D eigenvalue weighted by Crippen LogP contribution is 2.19. The quantitative estimate of drug-likeness (QED) is 0.878. The van der Waals surface area contributed by atoms with Gasteiger partial charge in [0.25, 0.3) is 0 Å². The number of aromatic amines is 1. The van der Waals surface area contributed by atoms with Crippen LogP contribution in [0.3, 0.4) is 0 Å². The van der Waals surface area contributed by atoms with E-state index >= 15 is 0 Å². The number of rotatable bonds is 3. The van der Waals surface area contributed by atoms with Crippen LogP contribution in [0.15, 0.2) is 29.0 Å². The van der Waals surface area contributed by atoms with E-state index in [1.54, 1.807) is 6.07 Å². The number of hydrogen-bond acceptors (Lipinski definition) is 3. The SMILES string of the molecule is O=C(Cc1ccc(F)cc1Br)c1ncn[nH]1. The largest absolute Gasteiger partial charge is 0.290 e. The van der Waals surface area contributed by atoms with Crippen LogP contribution in [0.1, 0.15) is 16.2 Å². The second-order valence-electron chi connectivity index (χ2n) is 3.17. The summed E-state index contributed by atoms with van der Waals surface area (Å²) in [6, 6.07) is 4.20. The number of aromatic nitrogens is 3. The molecular formula is C10H7BrFN3O. The minimum Gasteiger partial charge on any atom is -0.290 e. The summed E-state index contributed by atoms with van der Waals surface area (Å²) in [7, 11) is 0. The highest BCUT2D eigenvalue weighted by Gasteiger charge is 2.12. The molecule has 0 saturated carbocycles. The van der Waals surface area contributed by atoms with Gasteiger partial charge < -0.3 is 0 Å². The maximum absolute atomic E-state index is 12.8. The first-order chi connectivity index (χ1) is 7.66. The second kappa shape index (κ2) is 4.52. The lowest BCUT2D eigenvalue weighted by Crippen LogP contribution is -2.06. The van der Waals surface area contributed by atoms with Gasteiger partial charge in [0, 0.05) is 10.9 Å². The van der Waals surface area contributed by atoms with Crippen molar-refractivity contribution < 1.29 is 9.18 Å². The van der Waals surface area contributed by atoms with Crippen LogP contribution in [0.2, 0.25) is 0 Å². The minimum absolute atomic E-state index is 0.149. The fourth-order valence-electron chi connectivity index (χ4n) is 1.26. The summed E-state index contributed by atoms with van der Waals surface area (Å²) >= 11 is 3.20. The Morgan fingerprint density at radius 1 is 1.50 bits per heavy atom. The van der Waals surface area contributed by atoms with Crippen LogP contribution in [-0.2, 0) is 6.42 Å². The molecular weight excluding hydrogens is 277 g/mol. The van der Waals surface area contributed by atoms with E-state index in [2.05, 4.69) is 31.1 Å². The number of nitrogens with zero attached hydrogens (tertiary/aromatic N) is 2. The molecule has 0 bridgehead atoms. The smallest absolute Gasteiger partial charge is 0.203 e. The number of carbonyl (C=O) groups is 1. The standard InChI is InChI=1S/C10H7BrFN3O/c11-8-4-7(12)2-1-6(8)3-9(16)10-13-5-14-15-10/h1-2,4-5H,3H2,(H,13,14,15). The summed E-state index contributed by atoms with van der Waals surface area (Å²) < 4.78 is 13.4. The average molecular weight is 284 g/mol. The molecule has 2 rings (SSSR count). The van der Waals surface area contributed by atoms with Crippen LogP contribution in [0.5, 0.6) is 0 Å². The third kappa shape index (κ3) is 2.33. The normalized spacial score (nSPS) is 10.4. The molecule has 0 aliphatic heterocycles. The molecule has 0 unspecified atom stereocenters. The second-order valence-corrected chi connectivity index (χ2v) is 4.02. The lowest BCUT2D eigenvalue weighted by Gasteiger charge is -2.02. The maximum Gasteiger partial charge on any atom is 0.203 e. The molecule has 0 aliphatic rings. The zero-order valence-electron chi connectivity index (χ0n) is 8.08. The van der Waals surface area contributed by atoms with Crippen molar-refractivity contribution >= 4 is 21.7 Å². The van der Waals surface area contributed by atoms with Crippen molar-refractivity contribution in [3.05, 3.63) is 46.2 Å². The molecule has 2 aromatic rings. The molecule has 0 fully saturated rings. The van der Waals surface area contributed by atoms with Gasteiger partial charge in [-0.2, -0.15) is 5.10 Å². The molecule has 0 aliphatic carbocycles. The van der Waals surface area contributed by atoms with Gasteiger partial charge in [-0.25, -0.2) is 9.37 Å². The third-order valence-corrected chi connectivity index (χ3v) is 2.78. The van der Waals surface area contributed by atoms with E-state index in [4.69, 9.17) is 0 Å². The van der Waals surface area contributed by atoms with Gasteiger partial charge in [0.2, 0.25) is 5.78 Å². The van der Waals surface area contributed by atoms with Crippen LogP contribution in [0.4, 0.5) is 4.39 Å². The first-order valence-electron chi connectivity index (χ1n) is 4.49. The molecule has 1 heterocycles. The summed E-state index contributed by atoms with van der Waals surface area (Å²) in [5, 5.41) is 6.08. The van der Waals surface area contributed by atoms with Crippen molar-refractivity contribution in [2.75, 3.05) is 0 Å². The van der Waals surface area contributed by atoms with E-state index < -0.39 is 0 Å². The van der Waals surface area contributed by atoms with Crippen molar-refractivity contribution in [1.82, 2.24) is 15.2 Å². The van der Waals surface area contributed by atoms with E-state index in [0.717, 1.165) is 0 Å². The first-order valence-corrected chi connectivity index (χ1v) is 5.28.